The molecule has 0 aliphatic carbocycles. The Morgan fingerprint density at radius 1 is 1.12 bits per heavy atom. The van der Waals surface area contributed by atoms with Crippen molar-refractivity contribution in [2.75, 3.05) is 36.4 Å². The molecule has 3 aromatic rings. The van der Waals surface area contributed by atoms with Crippen LogP contribution in [0.3, 0.4) is 0 Å². The van der Waals surface area contributed by atoms with Gasteiger partial charge in [-0.15, -0.1) is 5.10 Å². The molecule has 0 spiro atoms. The van der Waals surface area contributed by atoms with Crippen molar-refractivity contribution in [3.05, 3.63) is 50.1 Å². The van der Waals surface area contributed by atoms with E-state index in [1.165, 1.54) is 13.0 Å². The summed E-state index contributed by atoms with van der Waals surface area (Å²) in [4.78, 5) is 47.8. The first kappa shape index (κ1) is 29.9. The molecule has 0 saturated carbocycles. The van der Waals surface area contributed by atoms with Crippen LogP contribution in [0.4, 0.5) is 29.3 Å². The molecule has 1 saturated heterocycles. The van der Waals surface area contributed by atoms with Crippen molar-refractivity contribution in [3.8, 4) is 0 Å². The van der Waals surface area contributed by atoms with E-state index in [9.17, 15) is 27.6 Å². The van der Waals surface area contributed by atoms with Crippen molar-refractivity contribution >= 4 is 45.1 Å². The molecule has 2 atom stereocenters. The monoisotopic (exact) mass is 653 g/mol. The van der Waals surface area contributed by atoms with Crippen LogP contribution in [0, 0.1) is 6.92 Å². The van der Waals surface area contributed by atoms with Gasteiger partial charge in [0.25, 0.3) is 5.56 Å². The average molecular weight is 654 g/mol. The number of nitrogens with zero attached hydrogens (tertiary/aromatic N) is 6. The molecule has 0 bridgehead atoms. The molecular weight excluding hydrogens is 623 g/mol. The molecule has 1 aromatic carbocycles. The SMILES string of the molecule is Cc1cc(C(F)(F)F)ccc1NC(=O)[C@@H]1C[C@H](C)c2c(N3CCN(C(=O)OC(C)(C)C)CC3)c(=O)n3nc(Br)nc3n21. The van der Waals surface area contributed by atoms with Gasteiger partial charge in [-0.3, -0.25) is 14.2 Å². The lowest BCUT2D eigenvalue weighted by Crippen LogP contribution is -2.51. The van der Waals surface area contributed by atoms with E-state index in [1.807, 2.05) is 11.8 Å². The van der Waals surface area contributed by atoms with Gasteiger partial charge in [0.1, 0.15) is 17.3 Å². The number of ether oxygens (including phenoxy) is 1. The summed E-state index contributed by atoms with van der Waals surface area (Å²) in [5.41, 5.74) is -0.327. The Morgan fingerprint density at radius 2 is 1.79 bits per heavy atom. The number of hydrogen-bond donors (Lipinski definition) is 1. The van der Waals surface area contributed by atoms with Crippen molar-refractivity contribution in [1.82, 2.24) is 24.1 Å². The molecule has 1 fully saturated rings. The molecule has 226 valence electrons. The molecule has 1 N–H and O–H groups in total. The maximum atomic E-state index is 13.8. The molecule has 2 aromatic heterocycles. The summed E-state index contributed by atoms with van der Waals surface area (Å²) in [6, 6.07) is 2.34. The highest BCUT2D eigenvalue weighted by Gasteiger charge is 2.40. The Bertz CT molecular complexity index is 1620. The largest absolute Gasteiger partial charge is 0.444 e. The van der Waals surface area contributed by atoms with E-state index in [0.717, 1.165) is 16.6 Å². The van der Waals surface area contributed by atoms with Crippen LogP contribution in [-0.4, -0.2) is 67.8 Å². The fraction of sp³-hybridized carbons (Fsp3) is 0.519. The van der Waals surface area contributed by atoms with Gasteiger partial charge in [0.15, 0.2) is 0 Å². The molecule has 0 radical (unpaired) electrons. The molecule has 2 amide bonds. The normalized spacial score (nSPS) is 19.3. The number of hydrogen-bond acceptors (Lipinski definition) is 7. The van der Waals surface area contributed by atoms with Crippen LogP contribution >= 0.6 is 15.9 Å². The fourth-order valence-corrected chi connectivity index (χ4v) is 5.81. The lowest BCUT2D eigenvalue weighted by atomic mass is 10.0. The third-order valence-corrected chi connectivity index (χ3v) is 7.73. The number of benzene rings is 1. The Morgan fingerprint density at radius 3 is 2.38 bits per heavy atom. The number of aryl methyl sites for hydroxylation is 1. The van der Waals surface area contributed by atoms with Crippen LogP contribution in [0.5, 0.6) is 0 Å². The zero-order chi connectivity index (χ0) is 30.7. The number of rotatable bonds is 3. The number of alkyl halides is 3. The minimum Gasteiger partial charge on any atom is -0.444 e. The minimum absolute atomic E-state index is 0.165. The van der Waals surface area contributed by atoms with E-state index in [1.54, 1.807) is 30.2 Å². The number of aromatic nitrogens is 4. The first-order valence-electron chi connectivity index (χ1n) is 13.5. The predicted octanol–water partition coefficient (Wildman–Crippen LogP) is 4.72. The third kappa shape index (κ3) is 5.57. The Balaban J connectivity index is 1.48. The topological polar surface area (TPSA) is 114 Å². The van der Waals surface area contributed by atoms with Gasteiger partial charge in [-0.1, -0.05) is 6.92 Å². The number of halogens is 4. The van der Waals surface area contributed by atoms with Crippen molar-refractivity contribution in [1.29, 1.82) is 0 Å². The summed E-state index contributed by atoms with van der Waals surface area (Å²) >= 11 is 3.23. The van der Waals surface area contributed by atoms with E-state index in [2.05, 4.69) is 31.3 Å². The number of piperazine rings is 1. The zero-order valence-electron chi connectivity index (χ0n) is 23.8. The summed E-state index contributed by atoms with van der Waals surface area (Å²) in [5, 5.41) is 6.99. The van der Waals surface area contributed by atoms with Crippen LogP contribution in [0.15, 0.2) is 27.7 Å². The van der Waals surface area contributed by atoms with Gasteiger partial charge in [0.2, 0.25) is 16.4 Å². The van der Waals surface area contributed by atoms with Crippen LogP contribution in [-0.2, 0) is 15.7 Å². The Hall–Kier alpha value is -3.62. The quantitative estimate of drug-likeness (QED) is 0.435. The zero-order valence-corrected chi connectivity index (χ0v) is 25.3. The number of nitrogens with one attached hydrogen (secondary N) is 1. The molecule has 0 unspecified atom stereocenters. The molecule has 2 aliphatic heterocycles. The van der Waals surface area contributed by atoms with Gasteiger partial charge in [0, 0.05) is 37.8 Å². The van der Waals surface area contributed by atoms with E-state index in [4.69, 9.17) is 4.74 Å². The van der Waals surface area contributed by atoms with Gasteiger partial charge < -0.3 is 19.9 Å². The van der Waals surface area contributed by atoms with E-state index in [-0.39, 0.29) is 27.7 Å². The number of fused-ring (bicyclic) bond motifs is 3. The highest BCUT2D eigenvalue weighted by molar-refractivity contribution is 9.10. The number of carbonyl (C=O) groups is 2. The lowest BCUT2D eigenvalue weighted by molar-refractivity contribution is -0.137. The number of anilines is 2. The minimum atomic E-state index is -4.50. The summed E-state index contributed by atoms with van der Waals surface area (Å²) in [6.45, 7) is 10.2. The maximum Gasteiger partial charge on any atom is 0.416 e. The van der Waals surface area contributed by atoms with Gasteiger partial charge in [-0.05, 0) is 73.8 Å². The second-order valence-electron chi connectivity index (χ2n) is 11.6. The summed E-state index contributed by atoms with van der Waals surface area (Å²) in [7, 11) is 0. The molecule has 42 heavy (non-hydrogen) atoms. The van der Waals surface area contributed by atoms with Crippen molar-refractivity contribution in [3.63, 3.8) is 0 Å². The Kier molecular flexibility index (Phi) is 7.52. The summed E-state index contributed by atoms with van der Waals surface area (Å²) < 4.78 is 47.9. The standard InChI is InChI=1S/C27H31BrF3N7O4/c1-14-12-16(27(29,30)31)6-7-17(14)32-21(39)18-13-15(2)19-20(22(40)38-24(37(18)19)33-23(28)34-38)35-8-10-36(11-9-35)25(41)42-26(3,4)5/h6-7,12,15,18H,8-11,13H2,1-5H3,(H,32,39)/t15-,18-/m0/s1. The van der Waals surface area contributed by atoms with E-state index < -0.39 is 40.9 Å². The van der Waals surface area contributed by atoms with Crippen molar-refractivity contribution in [2.24, 2.45) is 0 Å². The summed E-state index contributed by atoms with van der Waals surface area (Å²) in [5.74, 6) is -0.512. The Labute approximate surface area is 247 Å². The molecule has 4 heterocycles. The molecular formula is C27H31BrF3N7O4. The average Bonchev–Trinajstić information content (AvgIpc) is 3.44. The highest BCUT2D eigenvalue weighted by atomic mass is 79.9. The lowest BCUT2D eigenvalue weighted by Gasteiger charge is -2.37. The highest BCUT2D eigenvalue weighted by Crippen LogP contribution is 2.42. The van der Waals surface area contributed by atoms with Crippen LogP contribution in [0.2, 0.25) is 0 Å². The van der Waals surface area contributed by atoms with Gasteiger partial charge in [0.05, 0.1) is 11.3 Å². The second kappa shape index (κ2) is 10.6. The van der Waals surface area contributed by atoms with E-state index >= 15 is 0 Å². The predicted molar refractivity (Wildman–Crippen MR) is 152 cm³/mol. The molecule has 15 heteroatoms. The van der Waals surface area contributed by atoms with Crippen molar-refractivity contribution < 1.29 is 27.5 Å². The van der Waals surface area contributed by atoms with E-state index in [0.29, 0.717) is 44.0 Å². The number of carbonyl (C=O) groups excluding carboxylic acids is 2. The smallest absolute Gasteiger partial charge is 0.416 e. The van der Waals surface area contributed by atoms with Gasteiger partial charge >= 0.3 is 12.3 Å². The molecule has 2 aliphatic rings. The van der Waals surface area contributed by atoms with Gasteiger partial charge in [-0.25, -0.2) is 4.79 Å². The molecule has 5 rings (SSSR count). The second-order valence-corrected chi connectivity index (χ2v) is 12.3. The van der Waals surface area contributed by atoms with Crippen LogP contribution in [0.1, 0.15) is 62.9 Å². The first-order valence-corrected chi connectivity index (χ1v) is 14.3. The fourth-order valence-electron chi connectivity index (χ4n) is 5.49. The maximum absolute atomic E-state index is 13.8. The first-order chi connectivity index (χ1) is 19.5. The summed E-state index contributed by atoms with van der Waals surface area (Å²) in [6.07, 6.45) is -4.59. The molecule has 11 nitrogen and oxygen atoms in total. The van der Waals surface area contributed by atoms with Gasteiger partial charge in [-0.2, -0.15) is 22.7 Å². The third-order valence-electron chi connectivity index (χ3n) is 7.39. The number of amides is 2. The van der Waals surface area contributed by atoms with Crippen LogP contribution < -0.4 is 15.8 Å². The van der Waals surface area contributed by atoms with Crippen molar-refractivity contribution in [2.45, 2.75) is 64.8 Å². The van der Waals surface area contributed by atoms with Crippen LogP contribution in [0.25, 0.3) is 5.78 Å².